The zero-order valence-electron chi connectivity index (χ0n) is 17.1. The minimum Gasteiger partial charge on any atom is -0.493 e. The van der Waals surface area contributed by atoms with Crippen LogP contribution in [0.25, 0.3) is 5.82 Å². The highest BCUT2D eigenvalue weighted by molar-refractivity contribution is 6.08. The summed E-state index contributed by atoms with van der Waals surface area (Å²) in [5.41, 5.74) is 0.122. The Balaban J connectivity index is 1.66. The highest BCUT2D eigenvalue weighted by Crippen LogP contribution is 2.31. The van der Waals surface area contributed by atoms with Gasteiger partial charge in [0.1, 0.15) is 11.4 Å². The molecule has 1 saturated carbocycles. The lowest BCUT2D eigenvalue weighted by molar-refractivity contribution is 0.0487. The van der Waals surface area contributed by atoms with E-state index in [-0.39, 0.29) is 22.8 Å². The third kappa shape index (κ3) is 4.47. The van der Waals surface area contributed by atoms with Crippen LogP contribution in [0.4, 0.5) is 5.82 Å². The van der Waals surface area contributed by atoms with Gasteiger partial charge in [-0.05, 0) is 37.0 Å². The average Bonchev–Trinajstić information content (AvgIpc) is 3.47. The number of nitrogens with zero attached hydrogens (tertiary/aromatic N) is 4. The Morgan fingerprint density at radius 2 is 2.00 bits per heavy atom. The predicted molar refractivity (Wildman–Crippen MR) is 110 cm³/mol. The summed E-state index contributed by atoms with van der Waals surface area (Å²) in [5.74, 6) is 0.205. The van der Waals surface area contributed by atoms with Crippen molar-refractivity contribution in [2.75, 3.05) is 26.1 Å². The van der Waals surface area contributed by atoms with E-state index in [2.05, 4.69) is 20.4 Å². The van der Waals surface area contributed by atoms with Gasteiger partial charge in [-0.25, -0.2) is 19.4 Å². The van der Waals surface area contributed by atoms with Crippen molar-refractivity contribution < 1.29 is 23.8 Å². The lowest BCUT2D eigenvalue weighted by atomic mass is 10.2. The van der Waals surface area contributed by atoms with Gasteiger partial charge in [0.05, 0.1) is 20.8 Å². The lowest BCUT2D eigenvalue weighted by Gasteiger charge is -2.14. The van der Waals surface area contributed by atoms with Crippen molar-refractivity contribution in [2.24, 2.45) is 5.92 Å². The zero-order chi connectivity index (χ0) is 21.8. The van der Waals surface area contributed by atoms with Crippen molar-refractivity contribution in [1.29, 1.82) is 0 Å². The summed E-state index contributed by atoms with van der Waals surface area (Å²) >= 11 is 0. The van der Waals surface area contributed by atoms with E-state index in [0.29, 0.717) is 24.1 Å². The van der Waals surface area contributed by atoms with Crippen LogP contribution in [0.5, 0.6) is 11.5 Å². The molecule has 1 aliphatic carbocycles. The zero-order valence-corrected chi connectivity index (χ0v) is 17.1. The van der Waals surface area contributed by atoms with Crippen LogP contribution in [-0.2, 0) is 4.74 Å². The minimum absolute atomic E-state index is 0.00885. The molecule has 31 heavy (non-hydrogen) atoms. The smallest absolute Gasteiger partial charge is 0.341 e. The van der Waals surface area contributed by atoms with E-state index in [1.54, 1.807) is 36.7 Å². The molecule has 3 aromatic heterocycles. The van der Waals surface area contributed by atoms with Crippen LogP contribution < -0.4 is 14.8 Å². The van der Waals surface area contributed by atoms with E-state index < -0.39 is 11.9 Å². The second-order valence-electron chi connectivity index (χ2n) is 6.91. The number of hydrogen-bond donors (Lipinski definition) is 1. The SMILES string of the molecule is COc1ccnc(C(=O)Nc2nc(-n3cccn3)ccc2C(=O)OCC2CC2)c1OC. The van der Waals surface area contributed by atoms with Crippen molar-refractivity contribution in [3.8, 4) is 17.3 Å². The summed E-state index contributed by atoms with van der Waals surface area (Å²) in [7, 11) is 2.87. The molecule has 0 bridgehead atoms. The summed E-state index contributed by atoms with van der Waals surface area (Å²) in [5, 5.41) is 6.78. The van der Waals surface area contributed by atoms with E-state index in [0.717, 1.165) is 12.8 Å². The first-order chi connectivity index (χ1) is 15.1. The van der Waals surface area contributed by atoms with Crippen molar-refractivity contribution in [2.45, 2.75) is 12.8 Å². The maximum atomic E-state index is 13.0. The van der Waals surface area contributed by atoms with Crippen LogP contribution in [0.15, 0.2) is 42.9 Å². The quantitative estimate of drug-likeness (QED) is 0.549. The number of hydrogen-bond acceptors (Lipinski definition) is 8. The van der Waals surface area contributed by atoms with Gasteiger partial charge in [0.15, 0.2) is 23.0 Å². The molecular weight excluding hydrogens is 402 g/mol. The standard InChI is InChI=1S/C21H21N5O5/c1-29-15-8-10-22-17(18(15)30-2)20(27)25-19-14(21(28)31-12-13-4-5-13)6-7-16(24-19)26-11-3-9-23-26/h3,6-11,13H,4-5,12H2,1-2H3,(H,24,25,27). The minimum atomic E-state index is -0.614. The van der Waals surface area contributed by atoms with Crippen LogP contribution in [0.2, 0.25) is 0 Å². The van der Waals surface area contributed by atoms with E-state index in [1.165, 1.54) is 25.1 Å². The second kappa shape index (κ2) is 8.82. The molecule has 1 aliphatic rings. The van der Waals surface area contributed by atoms with Gasteiger partial charge in [0.2, 0.25) is 0 Å². The van der Waals surface area contributed by atoms with Crippen molar-refractivity contribution in [1.82, 2.24) is 19.7 Å². The molecule has 10 heteroatoms. The fourth-order valence-corrected chi connectivity index (χ4v) is 2.91. The normalized spacial score (nSPS) is 12.8. The van der Waals surface area contributed by atoms with E-state index in [4.69, 9.17) is 14.2 Å². The molecule has 1 fully saturated rings. The fourth-order valence-electron chi connectivity index (χ4n) is 2.91. The van der Waals surface area contributed by atoms with E-state index in [9.17, 15) is 9.59 Å². The van der Waals surface area contributed by atoms with Gasteiger partial charge in [-0.15, -0.1) is 0 Å². The summed E-state index contributed by atoms with van der Waals surface area (Å²) in [6.07, 6.45) is 6.83. The van der Waals surface area contributed by atoms with Crippen LogP contribution in [0.3, 0.4) is 0 Å². The van der Waals surface area contributed by atoms with E-state index in [1.807, 2.05) is 0 Å². The summed E-state index contributed by atoms with van der Waals surface area (Å²) in [6.45, 7) is 0.346. The molecule has 0 unspecified atom stereocenters. The lowest BCUT2D eigenvalue weighted by Crippen LogP contribution is -2.20. The van der Waals surface area contributed by atoms with Gasteiger partial charge in [-0.2, -0.15) is 5.10 Å². The highest BCUT2D eigenvalue weighted by atomic mass is 16.5. The Morgan fingerprint density at radius 1 is 1.16 bits per heavy atom. The molecular formula is C21H21N5O5. The Kier molecular flexibility index (Phi) is 5.78. The Morgan fingerprint density at radius 3 is 2.68 bits per heavy atom. The number of carbonyl (C=O) groups excluding carboxylic acids is 2. The number of anilines is 1. The maximum absolute atomic E-state index is 13.0. The number of esters is 1. The van der Waals surface area contributed by atoms with Gasteiger partial charge in [0.25, 0.3) is 5.91 Å². The van der Waals surface area contributed by atoms with Crippen LogP contribution >= 0.6 is 0 Å². The van der Waals surface area contributed by atoms with Gasteiger partial charge < -0.3 is 19.5 Å². The number of carbonyl (C=O) groups is 2. The van der Waals surface area contributed by atoms with Crippen molar-refractivity contribution in [3.05, 3.63) is 54.1 Å². The Hall–Kier alpha value is -3.95. The van der Waals surface area contributed by atoms with Gasteiger partial charge in [-0.1, -0.05) is 0 Å². The fraction of sp³-hybridized carbons (Fsp3) is 0.286. The third-order valence-corrected chi connectivity index (χ3v) is 4.73. The monoisotopic (exact) mass is 423 g/mol. The summed E-state index contributed by atoms with van der Waals surface area (Å²) in [4.78, 5) is 34.1. The molecule has 3 heterocycles. The number of aromatic nitrogens is 4. The molecule has 10 nitrogen and oxygen atoms in total. The molecule has 1 amide bonds. The Labute approximate surface area is 178 Å². The molecule has 160 valence electrons. The molecule has 1 N–H and O–H groups in total. The van der Waals surface area contributed by atoms with Gasteiger partial charge in [-0.3, -0.25) is 4.79 Å². The summed E-state index contributed by atoms with van der Waals surface area (Å²) < 4.78 is 17.4. The maximum Gasteiger partial charge on any atom is 0.341 e. The number of nitrogens with one attached hydrogen (secondary N) is 1. The molecule has 0 saturated heterocycles. The molecule has 0 spiro atoms. The summed E-state index contributed by atoms with van der Waals surface area (Å²) in [6, 6.07) is 6.49. The van der Waals surface area contributed by atoms with Crippen LogP contribution in [0.1, 0.15) is 33.7 Å². The topological polar surface area (TPSA) is 117 Å². The first-order valence-corrected chi connectivity index (χ1v) is 9.67. The number of methoxy groups -OCH3 is 2. The first-order valence-electron chi connectivity index (χ1n) is 9.67. The van der Waals surface area contributed by atoms with Crippen LogP contribution in [-0.4, -0.2) is 52.5 Å². The van der Waals surface area contributed by atoms with Gasteiger partial charge >= 0.3 is 5.97 Å². The molecule has 3 aromatic rings. The van der Waals surface area contributed by atoms with Crippen molar-refractivity contribution in [3.63, 3.8) is 0 Å². The van der Waals surface area contributed by atoms with E-state index >= 15 is 0 Å². The number of rotatable bonds is 8. The highest BCUT2D eigenvalue weighted by Gasteiger charge is 2.26. The molecule has 0 radical (unpaired) electrons. The number of pyridine rings is 2. The molecule has 0 aromatic carbocycles. The Bertz CT molecular complexity index is 1100. The number of ether oxygens (including phenoxy) is 3. The van der Waals surface area contributed by atoms with Crippen LogP contribution in [0, 0.1) is 5.92 Å². The first kappa shape index (κ1) is 20.3. The molecule has 0 aliphatic heterocycles. The third-order valence-electron chi connectivity index (χ3n) is 4.73. The van der Waals surface area contributed by atoms with Gasteiger partial charge in [0, 0.05) is 24.7 Å². The number of amides is 1. The second-order valence-corrected chi connectivity index (χ2v) is 6.91. The predicted octanol–water partition coefficient (Wildman–Crippen LogP) is 2.50. The largest absolute Gasteiger partial charge is 0.493 e. The molecule has 4 rings (SSSR count). The average molecular weight is 423 g/mol. The molecule has 0 atom stereocenters. The van der Waals surface area contributed by atoms with Crippen molar-refractivity contribution >= 4 is 17.7 Å².